The van der Waals surface area contributed by atoms with Crippen molar-refractivity contribution in [1.82, 2.24) is 0 Å². The molecule has 72 heavy (non-hydrogen) atoms. The van der Waals surface area contributed by atoms with Crippen molar-refractivity contribution in [3.05, 3.63) is 70.7 Å². The monoisotopic (exact) mass is 1040 g/mol. The Bertz CT molecular complexity index is 2390. The van der Waals surface area contributed by atoms with Gasteiger partial charge in [-0.2, -0.15) is 0 Å². The zero-order chi connectivity index (χ0) is 52.3. The lowest BCUT2D eigenvalue weighted by molar-refractivity contribution is -0.207. The highest BCUT2D eigenvalue weighted by molar-refractivity contribution is 7.48. The van der Waals surface area contributed by atoms with E-state index in [1.165, 1.54) is 11.6 Å². The fourth-order valence-electron chi connectivity index (χ4n) is 17.9. The van der Waals surface area contributed by atoms with E-state index < -0.39 is 38.0 Å². The van der Waals surface area contributed by atoms with Gasteiger partial charge in [0.25, 0.3) is 0 Å². The maximum Gasteiger partial charge on any atom is 0.476 e. The molecule has 8 aliphatic carbocycles. The van der Waals surface area contributed by atoms with Crippen LogP contribution >= 0.6 is 15.6 Å². The van der Waals surface area contributed by atoms with Crippen LogP contribution in [0, 0.1) is 63.1 Å². The van der Waals surface area contributed by atoms with Crippen LogP contribution in [0.3, 0.4) is 0 Å². The normalized spacial score (nSPS) is 43.9. The highest BCUT2D eigenvalue weighted by Crippen LogP contribution is 2.73. The van der Waals surface area contributed by atoms with Gasteiger partial charge in [0.1, 0.15) is 5.76 Å². The predicted molar refractivity (Wildman–Crippen MR) is 276 cm³/mol. The number of hydrogen-bond donors (Lipinski definition) is 4. The molecular weight excluding hydrogens is 955 g/mol. The van der Waals surface area contributed by atoms with E-state index in [0.29, 0.717) is 54.1 Å². The Hall–Kier alpha value is -1.89. The molecule has 13 nitrogen and oxygen atoms in total. The number of aliphatic hydroxyl groups is 2. The van der Waals surface area contributed by atoms with Gasteiger partial charge in [-0.05, 0) is 239 Å². The lowest BCUT2D eigenvalue weighted by Crippen LogP contribution is -2.62. The Kier molecular flexibility index (Phi) is 14.4. The van der Waals surface area contributed by atoms with Crippen LogP contribution in [0.1, 0.15) is 196 Å². The van der Waals surface area contributed by atoms with E-state index in [1.807, 2.05) is 59.9 Å². The van der Waals surface area contributed by atoms with Crippen molar-refractivity contribution in [3.63, 3.8) is 0 Å². The van der Waals surface area contributed by atoms with Crippen LogP contribution in [0.2, 0.25) is 0 Å². The van der Waals surface area contributed by atoms with Crippen molar-refractivity contribution in [2.75, 3.05) is 0 Å². The first-order chi connectivity index (χ1) is 33.3. The van der Waals surface area contributed by atoms with Gasteiger partial charge in [0.05, 0.1) is 47.1 Å². The molecule has 16 atom stereocenters. The minimum Gasteiger partial charge on any atom is -0.465 e. The van der Waals surface area contributed by atoms with Crippen molar-refractivity contribution < 1.29 is 56.4 Å². The minimum atomic E-state index is -4.47. The first kappa shape index (κ1) is 54.9. The molecule has 15 heteroatoms. The number of phosphoric acid groups is 2. The topological polar surface area (TPSA) is 191 Å². The standard InChI is InChI=1S/C33H53O6P.C24H35O7P/c1-22-10-11-23(21-36-22)26-16-19-33(34)28-13-12-24-20-25(14-17-31(24,8)27(28)15-18-32(26,33)9)37-40(35,38-29(2,3)4)39-30(5,6)7;1-22-10-7-17(31-32(27,28)29)13-16(22)4-5-20-19(22)8-11-23(2)18(9-12-24(20,23)26)15-3-6-21(25)30-14-15/h10-11,21,24-28,34H,1,12-20H2,2-9H3;3,6,14,16-20,26H,4-5,7-13H2,1-2H3,(H2,27,28,29)/t24-,25+,26-,27+,28-,31+,32-,33+;16-,17+,18-,19+,20-,22+,23-,24+/m11/s1. The SMILES string of the molecule is C=C1C=CC([C@H]2CC[C@]3(O)[C@@H]4CC[C@@H]5C[C@@H](OP(=O)(OC(C)(C)C)OC(C)(C)C)CC[C@]5(C)[C@H]4CC[C@]23C)=CO1.C[C@]12CC[C@H](OP(=O)(O)O)C[C@H]1CC[C@@H]1[C@@H]2CC[C@]2(C)[C@@H](c3ccc(=O)oc3)CC[C@]12O. The number of fused-ring (bicyclic) bond motifs is 10. The molecule has 0 spiro atoms. The average Bonchev–Trinajstić information content (AvgIpc) is 3.71. The summed E-state index contributed by atoms with van der Waals surface area (Å²) in [5.41, 5.74) is -1.04. The van der Waals surface area contributed by atoms with E-state index in [0.717, 1.165) is 108 Å². The van der Waals surface area contributed by atoms with Gasteiger partial charge < -0.3 is 29.2 Å². The Morgan fingerprint density at radius 2 is 1.12 bits per heavy atom. The molecule has 4 N–H and O–H groups in total. The second-order valence-corrected chi connectivity index (χ2v) is 29.9. The molecular formula is C57H88O13P2. The quantitative estimate of drug-likeness (QED) is 0.180. The summed E-state index contributed by atoms with van der Waals surface area (Å²) >= 11 is 0. The second-order valence-electron chi connectivity index (χ2n) is 27.2. The summed E-state index contributed by atoms with van der Waals surface area (Å²) in [6, 6.07) is 3.34. The van der Waals surface area contributed by atoms with E-state index in [9.17, 15) is 33.9 Å². The van der Waals surface area contributed by atoms with Crippen LogP contribution in [-0.4, -0.2) is 54.6 Å². The molecule has 404 valence electrons. The van der Waals surface area contributed by atoms with Gasteiger partial charge >= 0.3 is 21.3 Å². The van der Waals surface area contributed by atoms with Gasteiger partial charge in [0.2, 0.25) is 0 Å². The van der Waals surface area contributed by atoms with Gasteiger partial charge in [-0.15, -0.1) is 0 Å². The predicted octanol–water partition coefficient (Wildman–Crippen LogP) is 13.2. The average molecular weight is 1040 g/mol. The first-order valence-corrected chi connectivity index (χ1v) is 30.5. The molecule has 9 aliphatic rings. The van der Waals surface area contributed by atoms with Gasteiger partial charge in [-0.3, -0.25) is 18.1 Å². The number of phosphoric ester groups is 2. The molecule has 0 aromatic carbocycles. The third-order valence-corrected chi connectivity index (χ3v) is 24.0. The zero-order valence-corrected chi connectivity index (χ0v) is 46.8. The van der Waals surface area contributed by atoms with Crippen molar-refractivity contribution in [2.45, 2.75) is 225 Å². The minimum absolute atomic E-state index is 0.0619. The lowest BCUT2D eigenvalue weighted by atomic mass is 9.43. The molecule has 1 aromatic rings. The van der Waals surface area contributed by atoms with Gasteiger partial charge in [0, 0.05) is 16.9 Å². The summed E-state index contributed by atoms with van der Waals surface area (Å²) in [6.45, 7) is 24.6. The molecule has 0 saturated heterocycles. The molecule has 0 bridgehead atoms. The largest absolute Gasteiger partial charge is 0.476 e. The van der Waals surface area contributed by atoms with E-state index >= 15 is 0 Å². The van der Waals surface area contributed by atoms with Crippen LogP contribution in [-0.2, 0) is 32.0 Å². The summed E-state index contributed by atoms with van der Waals surface area (Å²) in [6.07, 6.45) is 23.6. The maximum atomic E-state index is 13.8. The number of rotatable bonds is 8. The van der Waals surface area contributed by atoms with Gasteiger partial charge in [-0.25, -0.2) is 13.9 Å². The third kappa shape index (κ3) is 9.89. The summed E-state index contributed by atoms with van der Waals surface area (Å²) < 4.78 is 59.3. The van der Waals surface area contributed by atoms with Crippen LogP contribution in [0.15, 0.2) is 63.9 Å². The molecule has 0 amide bonds. The molecule has 0 unspecified atom stereocenters. The molecule has 0 radical (unpaired) electrons. The van der Waals surface area contributed by atoms with Gasteiger partial charge in [-0.1, -0.05) is 40.3 Å². The van der Waals surface area contributed by atoms with Crippen molar-refractivity contribution in [3.8, 4) is 0 Å². The highest BCUT2D eigenvalue weighted by atomic mass is 31.2. The van der Waals surface area contributed by atoms with Crippen LogP contribution in [0.25, 0.3) is 0 Å². The first-order valence-electron chi connectivity index (χ1n) is 27.5. The zero-order valence-electron chi connectivity index (χ0n) is 45.0. The van der Waals surface area contributed by atoms with Crippen molar-refractivity contribution in [2.24, 2.45) is 63.1 Å². The molecule has 2 heterocycles. The van der Waals surface area contributed by atoms with Crippen LogP contribution < -0.4 is 5.63 Å². The van der Waals surface area contributed by atoms with E-state index in [1.54, 1.807) is 6.26 Å². The highest BCUT2D eigenvalue weighted by Gasteiger charge is 2.69. The number of allylic oxidation sites excluding steroid dienone is 3. The molecule has 1 aliphatic heterocycles. The van der Waals surface area contributed by atoms with E-state index in [4.69, 9.17) is 27.2 Å². The molecule has 10 rings (SSSR count). The number of ether oxygens (including phenoxy) is 1. The summed E-state index contributed by atoms with van der Waals surface area (Å²) in [4.78, 5) is 29.9. The number of hydrogen-bond acceptors (Lipinski definition) is 11. The van der Waals surface area contributed by atoms with Gasteiger partial charge in [0.15, 0.2) is 0 Å². The summed E-state index contributed by atoms with van der Waals surface area (Å²) in [5, 5.41) is 24.8. The smallest absolute Gasteiger partial charge is 0.465 e. The molecule has 8 saturated carbocycles. The Balaban J connectivity index is 0.000000182. The van der Waals surface area contributed by atoms with Crippen LogP contribution in [0.5, 0.6) is 0 Å². The van der Waals surface area contributed by atoms with E-state index in [2.05, 4.69) is 40.3 Å². The maximum absolute atomic E-state index is 13.8. The fraction of sp³-hybridized carbons (Fsp3) is 0.807. The Morgan fingerprint density at radius 1 is 0.625 bits per heavy atom. The van der Waals surface area contributed by atoms with E-state index in [-0.39, 0.29) is 51.3 Å². The summed E-state index contributed by atoms with van der Waals surface area (Å²) in [7, 11) is -8.23. The molecule has 1 aromatic heterocycles. The summed E-state index contributed by atoms with van der Waals surface area (Å²) in [5.74, 6) is 3.40. The molecule has 8 fully saturated rings. The van der Waals surface area contributed by atoms with Crippen LogP contribution in [0.4, 0.5) is 0 Å². The lowest BCUT2D eigenvalue weighted by Gasteiger charge is -2.63. The third-order valence-electron chi connectivity index (χ3n) is 21.3. The van der Waals surface area contributed by atoms with Crippen molar-refractivity contribution in [1.29, 1.82) is 0 Å². The Labute approximate surface area is 429 Å². The fourth-order valence-corrected chi connectivity index (χ4v) is 20.5. The van der Waals surface area contributed by atoms with Crippen molar-refractivity contribution >= 4 is 15.6 Å². The second kappa shape index (κ2) is 18.9. The Morgan fingerprint density at radius 3 is 1.58 bits per heavy atom.